The highest BCUT2D eigenvalue weighted by Crippen LogP contribution is 2.33. The van der Waals surface area contributed by atoms with Crippen LogP contribution in [0.1, 0.15) is 0 Å². The third kappa shape index (κ3) is 3.04. The molecule has 5 aromatic rings. The van der Waals surface area contributed by atoms with Crippen molar-refractivity contribution < 1.29 is 4.92 Å². The van der Waals surface area contributed by atoms with E-state index in [9.17, 15) is 10.1 Å². The molecule has 9 heteroatoms. The summed E-state index contributed by atoms with van der Waals surface area (Å²) >= 11 is 12.6. The van der Waals surface area contributed by atoms with E-state index >= 15 is 0 Å². The van der Waals surface area contributed by atoms with Crippen molar-refractivity contribution in [3.63, 3.8) is 0 Å². The monoisotopic (exact) mass is 435 g/mol. The molecule has 0 aliphatic rings. The van der Waals surface area contributed by atoms with Crippen molar-refractivity contribution in [3.05, 3.63) is 86.9 Å². The van der Waals surface area contributed by atoms with Crippen LogP contribution in [0.5, 0.6) is 0 Å². The molecule has 0 amide bonds. The van der Waals surface area contributed by atoms with Crippen LogP contribution in [0.4, 0.5) is 5.69 Å². The van der Waals surface area contributed by atoms with Gasteiger partial charge in [-0.2, -0.15) is 0 Å². The summed E-state index contributed by atoms with van der Waals surface area (Å²) in [6, 6.07) is 18.8. The number of fused-ring (bicyclic) bond motifs is 2. The lowest BCUT2D eigenvalue weighted by Crippen LogP contribution is -2.00. The van der Waals surface area contributed by atoms with E-state index in [1.54, 1.807) is 34.9 Å². The smallest absolute Gasteiger partial charge is 0.269 e. The van der Waals surface area contributed by atoms with Crippen LogP contribution in [0.25, 0.3) is 39.4 Å². The highest BCUT2D eigenvalue weighted by Gasteiger charge is 2.20. The van der Waals surface area contributed by atoms with E-state index in [-0.39, 0.29) is 5.69 Å². The Hall–Kier alpha value is -3.55. The van der Waals surface area contributed by atoms with E-state index in [4.69, 9.17) is 28.2 Å². The fourth-order valence-electron chi connectivity index (χ4n) is 3.27. The van der Waals surface area contributed by atoms with Crippen LogP contribution in [0.15, 0.2) is 66.7 Å². The van der Waals surface area contributed by atoms with Crippen molar-refractivity contribution in [1.29, 1.82) is 0 Å². The molecule has 0 radical (unpaired) electrons. The molecule has 2 aromatic heterocycles. The number of nitrogens with zero attached hydrogens (tertiary/aromatic N) is 5. The van der Waals surface area contributed by atoms with Crippen molar-refractivity contribution in [1.82, 2.24) is 19.5 Å². The van der Waals surface area contributed by atoms with E-state index in [1.165, 1.54) is 12.1 Å². The predicted octanol–water partition coefficient (Wildman–Crippen LogP) is 5.85. The molecule has 0 aliphatic carbocycles. The fourth-order valence-corrected chi connectivity index (χ4v) is 3.77. The summed E-state index contributed by atoms with van der Waals surface area (Å²) in [6.45, 7) is 0. The van der Waals surface area contributed by atoms with Crippen LogP contribution in [-0.4, -0.2) is 24.4 Å². The molecule has 0 saturated carbocycles. The minimum Gasteiger partial charge on any atom is -0.274 e. The molecule has 3 aromatic carbocycles. The van der Waals surface area contributed by atoms with Gasteiger partial charge in [0.25, 0.3) is 5.69 Å². The SMILES string of the molecule is O=[N+]([O-])c1ccc(-c2nc3nc4ccccc4nc3n2-c2ccc(Cl)cc2Cl)cc1. The third-order valence-corrected chi connectivity index (χ3v) is 5.19. The summed E-state index contributed by atoms with van der Waals surface area (Å²) in [5.74, 6) is 0.513. The molecule has 0 N–H and O–H groups in total. The van der Waals surface area contributed by atoms with Gasteiger partial charge in [-0.25, -0.2) is 15.0 Å². The second-order valence-electron chi connectivity index (χ2n) is 6.53. The Kier molecular flexibility index (Phi) is 4.34. The number of halogens is 2. The van der Waals surface area contributed by atoms with Gasteiger partial charge in [0.2, 0.25) is 0 Å². The second kappa shape index (κ2) is 7.05. The van der Waals surface area contributed by atoms with Gasteiger partial charge in [0.05, 0.1) is 26.7 Å². The summed E-state index contributed by atoms with van der Waals surface area (Å²) in [5.41, 5.74) is 3.67. The summed E-state index contributed by atoms with van der Waals surface area (Å²) in [6.07, 6.45) is 0. The first-order valence-corrected chi connectivity index (χ1v) is 9.62. The largest absolute Gasteiger partial charge is 0.274 e. The molecule has 0 saturated heterocycles. The van der Waals surface area contributed by atoms with Crippen molar-refractivity contribution in [3.8, 4) is 17.1 Å². The van der Waals surface area contributed by atoms with Crippen molar-refractivity contribution in [2.75, 3.05) is 0 Å². The van der Waals surface area contributed by atoms with E-state index in [0.29, 0.717) is 49.4 Å². The Balaban J connectivity index is 1.84. The highest BCUT2D eigenvalue weighted by atomic mass is 35.5. The van der Waals surface area contributed by atoms with Crippen LogP contribution >= 0.6 is 23.2 Å². The zero-order valence-electron chi connectivity index (χ0n) is 15.2. The molecule has 7 nitrogen and oxygen atoms in total. The quantitative estimate of drug-likeness (QED) is 0.262. The van der Waals surface area contributed by atoms with E-state index < -0.39 is 4.92 Å². The van der Waals surface area contributed by atoms with Gasteiger partial charge in [-0.1, -0.05) is 35.3 Å². The zero-order chi connectivity index (χ0) is 20.8. The number of non-ortho nitro benzene ring substituents is 1. The van der Waals surface area contributed by atoms with Crippen LogP contribution in [0.2, 0.25) is 10.0 Å². The molecule has 30 heavy (non-hydrogen) atoms. The zero-order valence-corrected chi connectivity index (χ0v) is 16.7. The van der Waals surface area contributed by atoms with Gasteiger partial charge in [0, 0.05) is 22.7 Å². The number of hydrogen-bond acceptors (Lipinski definition) is 5. The van der Waals surface area contributed by atoms with Gasteiger partial charge < -0.3 is 0 Å². The average Bonchev–Trinajstić information content (AvgIpc) is 3.10. The summed E-state index contributed by atoms with van der Waals surface area (Å²) < 4.78 is 1.79. The number of benzene rings is 3. The molecule has 5 rings (SSSR count). The van der Waals surface area contributed by atoms with Crippen LogP contribution < -0.4 is 0 Å². The first-order valence-electron chi connectivity index (χ1n) is 8.87. The number of hydrogen-bond donors (Lipinski definition) is 0. The Morgan fingerprint density at radius 2 is 1.57 bits per heavy atom. The maximum atomic E-state index is 11.0. The predicted molar refractivity (Wildman–Crippen MR) is 116 cm³/mol. The van der Waals surface area contributed by atoms with Gasteiger partial charge in [0.1, 0.15) is 5.82 Å². The Morgan fingerprint density at radius 3 is 2.23 bits per heavy atom. The van der Waals surface area contributed by atoms with Crippen molar-refractivity contribution in [2.45, 2.75) is 0 Å². The van der Waals surface area contributed by atoms with E-state index in [0.717, 1.165) is 0 Å². The van der Waals surface area contributed by atoms with Gasteiger partial charge in [-0.3, -0.25) is 14.7 Å². The van der Waals surface area contributed by atoms with Gasteiger partial charge in [-0.15, -0.1) is 0 Å². The topological polar surface area (TPSA) is 86.7 Å². The van der Waals surface area contributed by atoms with Crippen LogP contribution in [-0.2, 0) is 0 Å². The molecular weight excluding hydrogens is 425 g/mol. The number of imidazole rings is 1. The lowest BCUT2D eigenvalue weighted by atomic mass is 10.2. The Morgan fingerprint density at radius 1 is 0.867 bits per heavy atom. The highest BCUT2D eigenvalue weighted by molar-refractivity contribution is 6.35. The number of nitro groups is 1. The lowest BCUT2D eigenvalue weighted by Gasteiger charge is -2.11. The summed E-state index contributed by atoms with van der Waals surface area (Å²) in [5, 5.41) is 11.9. The molecule has 2 heterocycles. The molecule has 0 spiro atoms. The Labute approximate surface area is 179 Å². The van der Waals surface area contributed by atoms with Gasteiger partial charge in [0.15, 0.2) is 11.3 Å². The number of rotatable bonds is 3. The number of nitro benzene ring substituents is 1. The fraction of sp³-hybridized carbons (Fsp3) is 0. The number of para-hydroxylation sites is 2. The maximum Gasteiger partial charge on any atom is 0.269 e. The minimum absolute atomic E-state index is 0.00655. The molecule has 0 aliphatic heterocycles. The standard InChI is InChI=1S/C21H11Cl2N5O2/c22-13-7-10-18(15(23)11-13)27-20(12-5-8-14(9-6-12)28(29)30)26-19-21(27)25-17-4-2-1-3-16(17)24-19/h1-11H. The van der Waals surface area contributed by atoms with Crippen LogP contribution in [0, 0.1) is 10.1 Å². The normalized spacial score (nSPS) is 11.3. The van der Waals surface area contributed by atoms with E-state index in [1.807, 2.05) is 24.3 Å². The molecule has 0 unspecified atom stereocenters. The summed E-state index contributed by atoms with van der Waals surface area (Å²) in [4.78, 5) is 24.6. The maximum absolute atomic E-state index is 11.0. The minimum atomic E-state index is -0.446. The Bertz CT molecular complexity index is 1450. The van der Waals surface area contributed by atoms with E-state index in [2.05, 4.69) is 9.97 Å². The number of aromatic nitrogens is 4. The van der Waals surface area contributed by atoms with Gasteiger partial charge >= 0.3 is 0 Å². The summed E-state index contributed by atoms with van der Waals surface area (Å²) in [7, 11) is 0. The second-order valence-corrected chi connectivity index (χ2v) is 7.37. The first-order chi connectivity index (χ1) is 14.5. The average molecular weight is 436 g/mol. The molecule has 0 fully saturated rings. The first kappa shape index (κ1) is 18.5. The molecule has 0 atom stereocenters. The van der Waals surface area contributed by atoms with Crippen molar-refractivity contribution in [2.24, 2.45) is 0 Å². The van der Waals surface area contributed by atoms with Gasteiger partial charge in [-0.05, 0) is 42.5 Å². The lowest BCUT2D eigenvalue weighted by molar-refractivity contribution is -0.384. The third-order valence-electron chi connectivity index (χ3n) is 4.66. The molecule has 0 bridgehead atoms. The molecule has 146 valence electrons. The van der Waals surface area contributed by atoms with Crippen molar-refractivity contribution >= 4 is 51.2 Å². The molecular formula is C21H11Cl2N5O2. The van der Waals surface area contributed by atoms with Crippen LogP contribution in [0.3, 0.4) is 0 Å².